The SMILES string of the molecule is Cn1nc(NC(=O)c2cccnc2)ccc1=O. The normalized spacial score (nSPS) is 9.94. The van der Waals surface area contributed by atoms with Crippen LogP contribution < -0.4 is 10.9 Å². The fourth-order valence-corrected chi connectivity index (χ4v) is 1.25. The van der Waals surface area contributed by atoms with Gasteiger partial charge in [0.15, 0.2) is 5.82 Å². The molecule has 6 nitrogen and oxygen atoms in total. The first-order valence-electron chi connectivity index (χ1n) is 4.92. The van der Waals surface area contributed by atoms with Gasteiger partial charge in [-0.15, -0.1) is 0 Å². The molecule has 0 saturated carbocycles. The maximum Gasteiger partial charge on any atom is 0.266 e. The summed E-state index contributed by atoms with van der Waals surface area (Å²) in [4.78, 5) is 26.7. The van der Waals surface area contributed by atoms with Crippen molar-refractivity contribution in [3.8, 4) is 0 Å². The van der Waals surface area contributed by atoms with Crippen molar-refractivity contribution in [1.82, 2.24) is 14.8 Å². The zero-order valence-electron chi connectivity index (χ0n) is 9.12. The molecule has 1 N–H and O–H groups in total. The number of amides is 1. The molecule has 0 fully saturated rings. The fraction of sp³-hybridized carbons (Fsp3) is 0.0909. The Balaban J connectivity index is 2.19. The van der Waals surface area contributed by atoms with E-state index in [1.165, 1.54) is 25.4 Å². The topological polar surface area (TPSA) is 76.9 Å². The number of carbonyl (C=O) groups is 1. The second-order valence-electron chi connectivity index (χ2n) is 3.38. The third-order valence-electron chi connectivity index (χ3n) is 2.13. The van der Waals surface area contributed by atoms with Crippen LogP contribution in [0.2, 0.25) is 0 Å². The summed E-state index contributed by atoms with van der Waals surface area (Å²) in [6.07, 6.45) is 3.04. The van der Waals surface area contributed by atoms with Crippen LogP contribution in [-0.2, 0) is 7.05 Å². The molecule has 0 radical (unpaired) electrons. The zero-order valence-corrected chi connectivity index (χ0v) is 9.12. The largest absolute Gasteiger partial charge is 0.305 e. The third-order valence-corrected chi connectivity index (χ3v) is 2.13. The zero-order chi connectivity index (χ0) is 12.3. The lowest BCUT2D eigenvalue weighted by atomic mass is 10.3. The lowest BCUT2D eigenvalue weighted by Gasteiger charge is -2.04. The molecule has 2 heterocycles. The van der Waals surface area contributed by atoms with E-state index < -0.39 is 0 Å². The molecule has 17 heavy (non-hydrogen) atoms. The van der Waals surface area contributed by atoms with Gasteiger partial charge in [-0.2, -0.15) is 5.10 Å². The van der Waals surface area contributed by atoms with Gasteiger partial charge in [-0.05, 0) is 18.2 Å². The van der Waals surface area contributed by atoms with Crippen LogP contribution in [0.1, 0.15) is 10.4 Å². The number of hydrogen-bond acceptors (Lipinski definition) is 4. The average Bonchev–Trinajstić information content (AvgIpc) is 2.35. The molecule has 1 amide bonds. The Kier molecular flexibility index (Phi) is 2.95. The molecule has 0 saturated heterocycles. The third kappa shape index (κ3) is 2.54. The van der Waals surface area contributed by atoms with Gasteiger partial charge in [-0.3, -0.25) is 14.6 Å². The maximum absolute atomic E-state index is 11.7. The van der Waals surface area contributed by atoms with E-state index in [0.29, 0.717) is 11.4 Å². The first-order valence-corrected chi connectivity index (χ1v) is 4.92. The van der Waals surface area contributed by atoms with Crippen molar-refractivity contribution in [2.24, 2.45) is 7.05 Å². The van der Waals surface area contributed by atoms with Crippen molar-refractivity contribution in [3.63, 3.8) is 0 Å². The highest BCUT2D eigenvalue weighted by Gasteiger charge is 2.06. The summed E-state index contributed by atoms with van der Waals surface area (Å²) < 4.78 is 1.15. The van der Waals surface area contributed by atoms with Crippen molar-refractivity contribution in [3.05, 3.63) is 52.6 Å². The number of nitrogens with zero attached hydrogens (tertiary/aromatic N) is 3. The minimum absolute atomic E-state index is 0.232. The lowest BCUT2D eigenvalue weighted by molar-refractivity contribution is 0.102. The second-order valence-corrected chi connectivity index (χ2v) is 3.38. The van der Waals surface area contributed by atoms with Crippen LogP contribution in [0.5, 0.6) is 0 Å². The molecule has 2 rings (SSSR count). The summed E-state index contributed by atoms with van der Waals surface area (Å²) in [6.45, 7) is 0. The molecule has 2 aromatic heterocycles. The Morgan fingerprint density at radius 3 is 2.82 bits per heavy atom. The van der Waals surface area contributed by atoms with Crippen LogP contribution in [0.4, 0.5) is 5.82 Å². The van der Waals surface area contributed by atoms with Crippen LogP contribution in [0.25, 0.3) is 0 Å². The Hall–Kier alpha value is -2.50. The quantitative estimate of drug-likeness (QED) is 0.811. The Morgan fingerprint density at radius 2 is 2.18 bits per heavy atom. The molecular weight excluding hydrogens is 220 g/mol. The van der Waals surface area contributed by atoms with Crippen LogP contribution in [0.3, 0.4) is 0 Å². The number of pyridine rings is 1. The van der Waals surface area contributed by atoms with E-state index in [4.69, 9.17) is 0 Å². The van der Waals surface area contributed by atoms with Gasteiger partial charge < -0.3 is 5.32 Å². The summed E-state index contributed by atoms with van der Waals surface area (Å²) in [5.41, 5.74) is 0.201. The summed E-state index contributed by atoms with van der Waals surface area (Å²) >= 11 is 0. The molecule has 0 unspecified atom stereocenters. The number of nitrogens with one attached hydrogen (secondary N) is 1. The first kappa shape index (κ1) is 11.0. The van der Waals surface area contributed by atoms with Crippen LogP contribution >= 0.6 is 0 Å². The predicted octanol–water partition coefficient (Wildman–Crippen LogP) is 0.428. The summed E-state index contributed by atoms with van der Waals surface area (Å²) in [6, 6.07) is 6.11. The van der Waals surface area contributed by atoms with E-state index in [2.05, 4.69) is 15.4 Å². The van der Waals surface area contributed by atoms with Gasteiger partial charge in [0.05, 0.1) is 5.56 Å². The average molecular weight is 230 g/mol. The van der Waals surface area contributed by atoms with E-state index in [1.807, 2.05) is 0 Å². The highest BCUT2D eigenvalue weighted by molar-refractivity contribution is 6.03. The minimum Gasteiger partial charge on any atom is -0.305 e. The summed E-state index contributed by atoms with van der Waals surface area (Å²) in [5, 5.41) is 6.47. The highest BCUT2D eigenvalue weighted by Crippen LogP contribution is 2.02. The van der Waals surface area contributed by atoms with E-state index in [-0.39, 0.29) is 11.5 Å². The number of aromatic nitrogens is 3. The van der Waals surface area contributed by atoms with Crippen LogP contribution in [0, 0.1) is 0 Å². The molecule has 0 atom stereocenters. The summed E-state index contributed by atoms with van der Waals surface area (Å²) in [7, 11) is 1.52. The number of hydrogen-bond donors (Lipinski definition) is 1. The van der Waals surface area contributed by atoms with Crippen molar-refractivity contribution < 1.29 is 4.79 Å². The standard InChI is InChI=1S/C11H10N4O2/c1-15-10(16)5-4-9(14-15)13-11(17)8-3-2-6-12-7-8/h2-7H,1H3,(H,13,14,17). The molecule has 0 aliphatic heterocycles. The molecule has 0 bridgehead atoms. The number of aryl methyl sites for hydroxylation is 1. The number of carbonyl (C=O) groups excluding carboxylic acids is 1. The molecule has 0 aliphatic rings. The van der Waals surface area contributed by atoms with E-state index >= 15 is 0 Å². The monoisotopic (exact) mass is 230 g/mol. The fourth-order valence-electron chi connectivity index (χ4n) is 1.25. The first-order chi connectivity index (χ1) is 8.16. The van der Waals surface area contributed by atoms with Crippen LogP contribution in [0.15, 0.2) is 41.5 Å². The Morgan fingerprint density at radius 1 is 1.35 bits per heavy atom. The van der Waals surface area contributed by atoms with Gasteiger partial charge in [0.1, 0.15) is 0 Å². The van der Waals surface area contributed by atoms with Gasteiger partial charge in [0.25, 0.3) is 11.5 Å². The van der Waals surface area contributed by atoms with E-state index in [0.717, 1.165) is 4.68 Å². The molecule has 0 aliphatic carbocycles. The smallest absolute Gasteiger partial charge is 0.266 e. The molecule has 2 aromatic rings. The molecule has 0 aromatic carbocycles. The van der Waals surface area contributed by atoms with E-state index in [1.54, 1.807) is 18.3 Å². The Bertz CT molecular complexity index is 592. The molecule has 6 heteroatoms. The highest BCUT2D eigenvalue weighted by atomic mass is 16.2. The molecule has 86 valence electrons. The number of anilines is 1. The Labute approximate surface area is 96.9 Å². The van der Waals surface area contributed by atoms with Crippen molar-refractivity contribution in [2.45, 2.75) is 0 Å². The van der Waals surface area contributed by atoms with Gasteiger partial charge in [-0.25, -0.2) is 4.68 Å². The molecular formula is C11H10N4O2. The van der Waals surface area contributed by atoms with Gasteiger partial charge in [0.2, 0.25) is 0 Å². The van der Waals surface area contributed by atoms with Gasteiger partial charge in [-0.1, -0.05) is 0 Å². The number of rotatable bonds is 2. The van der Waals surface area contributed by atoms with Crippen LogP contribution in [-0.4, -0.2) is 20.7 Å². The van der Waals surface area contributed by atoms with Gasteiger partial charge >= 0.3 is 0 Å². The molecule has 0 spiro atoms. The lowest BCUT2D eigenvalue weighted by Crippen LogP contribution is -2.21. The van der Waals surface area contributed by atoms with Crippen molar-refractivity contribution in [2.75, 3.05) is 5.32 Å². The summed E-state index contributed by atoms with van der Waals surface area (Å²) in [5.74, 6) is 0.00482. The van der Waals surface area contributed by atoms with E-state index in [9.17, 15) is 9.59 Å². The maximum atomic E-state index is 11.7. The van der Waals surface area contributed by atoms with Crippen molar-refractivity contribution >= 4 is 11.7 Å². The van der Waals surface area contributed by atoms with Crippen molar-refractivity contribution in [1.29, 1.82) is 0 Å². The second kappa shape index (κ2) is 4.56. The predicted molar refractivity (Wildman–Crippen MR) is 61.7 cm³/mol. The van der Waals surface area contributed by atoms with Gasteiger partial charge in [0, 0.05) is 25.5 Å². The minimum atomic E-state index is -0.316.